The summed E-state index contributed by atoms with van der Waals surface area (Å²) in [6.07, 6.45) is 4.69. The smallest absolute Gasteiger partial charge is 0.222 e. The Morgan fingerprint density at radius 1 is 1.17 bits per heavy atom. The Labute approximate surface area is 168 Å². The molecule has 1 amide bonds. The second-order valence-corrected chi connectivity index (χ2v) is 7.30. The van der Waals surface area contributed by atoms with Crippen LogP contribution in [-0.2, 0) is 24.8 Å². The van der Waals surface area contributed by atoms with Gasteiger partial charge in [0, 0.05) is 55.4 Å². The summed E-state index contributed by atoms with van der Waals surface area (Å²) in [6, 6.07) is 14.5. The van der Waals surface area contributed by atoms with Crippen LogP contribution >= 0.6 is 0 Å². The molecule has 29 heavy (non-hydrogen) atoms. The van der Waals surface area contributed by atoms with E-state index in [1.807, 2.05) is 38.5 Å². The van der Waals surface area contributed by atoms with Crippen LogP contribution in [0.5, 0.6) is 0 Å². The van der Waals surface area contributed by atoms with Crippen molar-refractivity contribution < 1.29 is 9.18 Å². The Balaban J connectivity index is 1.56. The number of halogens is 1. The predicted molar refractivity (Wildman–Crippen MR) is 112 cm³/mol. The number of aromatic amines is 1. The summed E-state index contributed by atoms with van der Waals surface area (Å²) >= 11 is 0. The van der Waals surface area contributed by atoms with Crippen LogP contribution in [0.2, 0.25) is 0 Å². The van der Waals surface area contributed by atoms with Crippen molar-refractivity contribution in [2.24, 2.45) is 7.05 Å². The number of para-hydroxylation sites is 1. The molecule has 4 rings (SSSR count). The van der Waals surface area contributed by atoms with E-state index in [9.17, 15) is 9.18 Å². The van der Waals surface area contributed by atoms with Crippen LogP contribution in [0.4, 0.5) is 4.39 Å². The highest BCUT2D eigenvalue weighted by Gasteiger charge is 2.16. The number of H-pyrrole nitrogens is 1. The summed E-state index contributed by atoms with van der Waals surface area (Å²) in [6.45, 7) is 0.533. The monoisotopic (exact) mass is 390 g/mol. The van der Waals surface area contributed by atoms with Crippen LogP contribution in [0.3, 0.4) is 0 Å². The maximum atomic E-state index is 13.4. The number of nitrogens with one attached hydrogen (secondary N) is 1. The molecule has 1 N–H and O–H groups in total. The fourth-order valence-corrected chi connectivity index (χ4v) is 3.66. The van der Waals surface area contributed by atoms with E-state index in [-0.39, 0.29) is 11.7 Å². The molecule has 0 aliphatic rings. The van der Waals surface area contributed by atoms with Gasteiger partial charge in [0.15, 0.2) is 0 Å². The summed E-state index contributed by atoms with van der Waals surface area (Å²) in [5, 5.41) is 5.24. The van der Waals surface area contributed by atoms with Gasteiger partial charge >= 0.3 is 0 Å². The molecule has 2 aromatic carbocycles. The Morgan fingerprint density at radius 2 is 1.93 bits per heavy atom. The molecule has 0 fully saturated rings. The van der Waals surface area contributed by atoms with Gasteiger partial charge in [-0.25, -0.2) is 4.39 Å². The molecular formula is C23H23FN4O. The highest BCUT2D eigenvalue weighted by Crippen LogP contribution is 2.31. The van der Waals surface area contributed by atoms with Crippen molar-refractivity contribution in [2.45, 2.75) is 19.4 Å². The zero-order chi connectivity index (χ0) is 20.4. The molecule has 5 nitrogen and oxygen atoms in total. The van der Waals surface area contributed by atoms with Crippen LogP contribution in [0.15, 0.2) is 60.9 Å². The minimum Gasteiger partial charge on any atom is -0.354 e. The highest BCUT2D eigenvalue weighted by molar-refractivity contribution is 5.91. The lowest BCUT2D eigenvalue weighted by Gasteiger charge is -2.16. The molecule has 0 aliphatic carbocycles. The number of carbonyl (C=O) groups excluding carboxylic acids is 1. The van der Waals surface area contributed by atoms with E-state index in [0.29, 0.717) is 19.4 Å². The van der Waals surface area contributed by atoms with E-state index in [1.54, 1.807) is 27.9 Å². The Morgan fingerprint density at radius 3 is 2.66 bits per heavy atom. The number of carbonyl (C=O) groups is 1. The van der Waals surface area contributed by atoms with Gasteiger partial charge in [-0.1, -0.05) is 18.2 Å². The van der Waals surface area contributed by atoms with Gasteiger partial charge < -0.3 is 9.88 Å². The zero-order valence-electron chi connectivity index (χ0n) is 16.5. The molecule has 2 heterocycles. The SMILES string of the molecule is CN(Cc1cnn(C)c1)C(=O)CCc1c(-c2ccc(F)cc2)[nH]c2ccccc12. The largest absolute Gasteiger partial charge is 0.354 e. The first-order valence-corrected chi connectivity index (χ1v) is 9.58. The van der Waals surface area contributed by atoms with Gasteiger partial charge in [-0.3, -0.25) is 9.48 Å². The van der Waals surface area contributed by atoms with Gasteiger partial charge in [0.2, 0.25) is 5.91 Å². The molecule has 4 aromatic rings. The fraction of sp³-hybridized carbons (Fsp3) is 0.217. The first-order valence-electron chi connectivity index (χ1n) is 9.58. The quantitative estimate of drug-likeness (QED) is 0.534. The standard InChI is InChI=1S/C23H23FN4O/c1-27(14-16-13-25-28(2)15-16)22(29)12-11-20-19-5-3-4-6-21(19)26-23(20)17-7-9-18(24)10-8-17/h3-10,13,15,26H,11-12,14H2,1-2H3. The van der Waals surface area contributed by atoms with Crippen molar-refractivity contribution >= 4 is 16.8 Å². The normalized spacial score (nSPS) is 11.1. The van der Waals surface area contributed by atoms with E-state index < -0.39 is 0 Å². The number of nitrogens with zero attached hydrogens (tertiary/aromatic N) is 3. The van der Waals surface area contributed by atoms with Gasteiger partial charge in [-0.05, 0) is 47.9 Å². The topological polar surface area (TPSA) is 53.9 Å². The maximum Gasteiger partial charge on any atom is 0.222 e. The molecule has 0 atom stereocenters. The minimum absolute atomic E-state index is 0.0733. The number of amides is 1. The Hall–Kier alpha value is -3.41. The van der Waals surface area contributed by atoms with Crippen LogP contribution in [0.25, 0.3) is 22.2 Å². The van der Waals surface area contributed by atoms with E-state index >= 15 is 0 Å². The van der Waals surface area contributed by atoms with Crippen LogP contribution in [0.1, 0.15) is 17.5 Å². The number of hydrogen-bond donors (Lipinski definition) is 1. The molecule has 0 unspecified atom stereocenters. The van der Waals surface area contributed by atoms with Crippen molar-refractivity contribution in [3.05, 3.63) is 77.9 Å². The number of aromatic nitrogens is 3. The van der Waals surface area contributed by atoms with Gasteiger partial charge in [0.25, 0.3) is 0 Å². The summed E-state index contributed by atoms with van der Waals surface area (Å²) in [4.78, 5) is 17.9. The lowest BCUT2D eigenvalue weighted by molar-refractivity contribution is -0.130. The predicted octanol–water partition coefficient (Wildman–Crippen LogP) is 4.30. The third kappa shape index (κ3) is 4.06. The van der Waals surface area contributed by atoms with Crippen molar-refractivity contribution in [1.29, 1.82) is 0 Å². The minimum atomic E-state index is -0.265. The van der Waals surface area contributed by atoms with E-state index in [2.05, 4.69) is 16.1 Å². The number of rotatable bonds is 6. The third-order valence-corrected chi connectivity index (χ3v) is 5.14. The molecule has 2 aromatic heterocycles. The van der Waals surface area contributed by atoms with Crippen molar-refractivity contribution in [3.8, 4) is 11.3 Å². The zero-order valence-corrected chi connectivity index (χ0v) is 16.5. The van der Waals surface area contributed by atoms with Crippen LogP contribution in [0, 0.1) is 5.82 Å². The first kappa shape index (κ1) is 18.9. The molecule has 0 bridgehead atoms. The summed E-state index contributed by atoms with van der Waals surface area (Å²) in [5.74, 6) is -0.192. The molecular weight excluding hydrogens is 367 g/mol. The molecule has 148 valence electrons. The highest BCUT2D eigenvalue weighted by atomic mass is 19.1. The third-order valence-electron chi connectivity index (χ3n) is 5.14. The molecule has 0 radical (unpaired) electrons. The molecule has 6 heteroatoms. The molecule has 0 spiro atoms. The lowest BCUT2D eigenvalue weighted by Crippen LogP contribution is -2.26. The van der Waals surface area contributed by atoms with Gasteiger partial charge in [0.1, 0.15) is 5.82 Å². The average Bonchev–Trinajstić information content (AvgIpc) is 3.29. The van der Waals surface area contributed by atoms with Gasteiger partial charge in [-0.15, -0.1) is 0 Å². The van der Waals surface area contributed by atoms with Crippen LogP contribution < -0.4 is 0 Å². The van der Waals surface area contributed by atoms with E-state index in [0.717, 1.165) is 33.3 Å². The van der Waals surface area contributed by atoms with Crippen molar-refractivity contribution in [1.82, 2.24) is 19.7 Å². The maximum absolute atomic E-state index is 13.4. The number of fused-ring (bicyclic) bond motifs is 1. The number of hydrogen-bond acceptors (Lipinski definition) is 2. The summed E-state index contributed by atoms with van der Waals surface area (Å²) < 4.78 is 15.1. The Kier molecular flexibility index (Phi) is 5.16. The van der Waals surface area contributed by atoms with Crippen LogP contribution in [-0.4, -0.2) is 32.6 Å². The summed E-state index contributed by atoms with van der Waals surface area (Å²) in [7, 11) is 3.67. The van der Waals surface area contributed by atoms with Gasteiger partial charge in [-0.2, -0.15) is 5.10 Å². The lowest BCUT2D eigenvalue weighted by atomic mass is 10.0. The fourth-order valence-electron chi connectivity index (χ4n) is 3.66. The van der Waals surface area contributed by atoms with E-state index in [4.69, 9.17) is 0 Å². The molecule has 0 saturated carbocycles. The van der Waals surface area contributed by atoms with Gasteiger partial charge in [0.05, 0.1) is 6.20 Å². The first-order chi connectivity index (χ1) is 14.0. The second kappa shape index (κ2) is 7.91. The van der Waals surface area contributed by atoms with E-state index in [1.165, 1.54) is 12.1 Å². The number of aryl methyl sites for hydroxylation is 2. The summed E-state index contributed by atoms with van der Waals surface area (Å²) in [5.41, 5.74) is 4.94. The molecule has 0 saturated heterocycles. The Bertz CT molecular complexity index is 1140. The number of benzene rings is 2. The molecule has 0 aliphatic heterocycles. The second-order valence-electron chi connectivity index (χ2n) is 7.30. The van der Waals surface area contributed by atoms with Crippen molar-refractivity contribution in [2.75, 3.05) is 7.05 Å². The van der Waals surface area contributed by atoms with Crippen molar-refractivity contribution in [3.63, 3.8) is 0 Å². The average molecular weight is 390 g/mol.